The van der Waals surface area contributed by atoms with Crippen LogP contribution < -0.4 is 10.5 Å². The number of rotatable bonds is 2. The molecule has 4 nitrogen and oxygen atoms in total. The summed E-state index contributed by atoms with van der Waals surface area (Å²) in [5.41, 5.74) is 6.92. The zero-order chi connectivity index (χ0) is 13.7. The summed E-state index contributed by atoms with van der Waals surface area (Å²) < 4.78 is 18.5. The number of nitrogens with two attached hydrogens (primary N) is 1. The van der Waals surface area contributed by atoms with Crippen molar-refractivity contribution in [1.82, 2.24) is 4.90 Å². The number of hydrogen-bond acceptors (Lipinski definition) is 3. The van der Waals surface area contributed by atoms with Crippen LogP contribution in [0.25, 0.3) is 0 Å². The fourth-order valence-corrected chi connectivity index (χ4v) is 3.25. The molecule has 1 heterocycles. The molecule has 1 aliphatic heterocycles. The molecule has 2 aliphatic rings. The van der Waals surface area contributed by atoms with Crippen LogP contribution in [0.4, 0.5) is 4.39 Å². The van der Waals surface area contributed by atoms with E-state index < -0.39 is 5.82 Å². The number of methoxy groups -OCH3 is 1. The summed E-state index contributed by atoms with van der Waals surface area (Å²) in [7, 11) is 1.44. The van der Waals surface area contributed by atoms with Crippen LogP contribution in [0.3, 0.4) is 0 Å². The summed E-state index contributed by atoms with van der Waals surface area (Å²) in [6.07, 6.45) is 0. The molecule has 3 rings (SSSR count). The van der Waals surface area contributed by atoms with Crippen LogP contribution in [-0.2, 0) is 4.79 Å². The van der Waals surface area contributed by atoms with E-state index in [1.54, 1.807) is 19.1 Å². The number of benzene rings is 1. The second-order valence-electron chi connectivity index (χ2n) is 5.33. The molecule has 19 heavy (non-hydrogen) atoms. The molecule has 1 saturated heterocycles. The molecule has 102 valence electrons. The number of carbonyl (C=O) groups excluding carboxylic acids is 1. The van der Waals surface area contributed by atoms with E-state index in [2.05, 4.69) is 0 Å². The summed E-state index contributed by atoms with van der Waals surface area (Å²) in [5.74, 6) is 0.519. The zero-order valence-electron chi connectivity index (χ0n) is 11.0. The number of carbonyl (C=O) groups is 1. The summed E-state index contributed by atoms with van der Waals surface area (Å²) in [6, 6.07) is 4.87. The number of halogens is 1. The Hall–Kier alpha value is -1.62. The number of hydrogen-bond donors (Lipinski definition) is 1. The second-order valence-corrected chi connectivity index (χ2v) is 5.33. The van der Waals surface area contributed by atoms with Crippen molar-refractivity contribution in [2.45, 2.75) is 19.0 Å². The molecule has 0 spiro atoms. The Bertz CT molecular complexity index is 534. The van der Waals surface area contributed by atoms with Crippen molar-refractivity contribution in [1.29, 1.82) is 0 Å². The number of piperidine rings is 1. The maximum atomic E-state index is 13.5. The Morgan fingerprint density at radius 2 is 2.26 bits per heavy atom. The van der Waals surface area contributed by atoms with Gasteiger partial charge in [0.05, 0.1) is 13.2 Å². The molecular weight excluding hydrogens is 247 g/mol. The SMILES string of the molecule is COc1cc(C2C3C(N)C3CN2C(C)=O)ccc1F. The molecule has 2 N–H and O–H groups in total. The molecule has 0 radical (unpaired) electrons. The summed E-state index contributed by atoms with van der Waals surface area (Å²) >= 11 is 0. The van der Waals surface area contributed by atoms with E-state index in [1.165, 1.54) is 13.2 Å². The van der Waals surface area contributed by atoms with Crippen LogP contribution in [0, 0.1) is 17.7 Å². The monoisotopic (exact) mass is 264 g/mol. The number of fused-ring (bicyclic) bond motifs is 1. The Balaban J connectivity index is 1.97. The van der Waals surface area contributed by atoms with Gasteiger partial charge in [-0.3, -0.25) is 4.79 Å². The van der Waals surface area contributed by atoms with Crippen LogP contribution in [0.1, 0.15) is 18.5 Å². The minimum atomic E-state index is -0.393. The van der Waals surface area contributed by atoms with Crippen LogP contribution in [0.5, 0.6) is 5.75 Å². The van der Waals surface area contributed by atoms with Crippen LogP contribution in [-0.4, -0.2) is 30.5 Å². The molecule has 1 aromatic carbocycles. The third-order valence-electron chi connectivity index (χ3n) is 4.32. The Morgan fingerprint density at radius 1 is 1.53 bits per heavy atom. The maximum Gasteiger partial charge on any atom is 0.219 e. The van der Waals surface area contributed by atoms with Crippen molar-refractivity contribution in [3.8, 4) is 5.75 Å². The van der Waals surface area contributed by atoms with E-state index in [-0.39, 0.29) is 23.7 Å². The molecule has 5 heteroatoms. The Morgan fingerprint density at radius 3 is 2.89 bits per heavy atom. The number of amides is 1. The third-order valence-corrected chi connectivity index (χ3v) is 4.32. The minimum Gasteiger partial charge on any atom is -0.494 e. The summed E-state index contributed by atoms with van der Waals surface area (Å²) in [5, 5.41) is 0. The number of nitrogens with zero attached hydrogens (tertiary/aromatic N) is 1. The van der Waals surface area contributed by atoms with Crippen molar-refractivity contribution < 1.29 is 13.9 Å². The van der Waals surface area contributed by atoms with Gasteiger partial charge in [0, 0.05) is 25.4 Å². The van der Waals surface area contributed by atoms with Gasteiger partial charge in [-0.25, -0.2) is 4.39 Å². The molecule has 0 aromatic heterocycles. The van der Waals surface area contributed by atoms with E-state index in [0.29, 0.717) is 18.4 Å². The van der Waals surface area contributed by atoms with E-state index >= 15 is 0 Å². The average Bonchev–Trinajstić information content (AvgIpc) is 2.86. The molecule has 2 fully saturated rings. The Kier molecular flexibility index (Phi) is 2.74. The zero-order valence-corrected chi connectivity index (χ0v) is 11.0. The fraction of sp³-hybridized carbons (Fsp3) is 0.500. The standard InChI is InChI=1S/C14H17FN2O2/c1-7(18)17-6-9-12(13(9)16)14(17)8-3-4-10(15)11(5-8)19-2/h3-5,9,12-14H,6,16H2,1-2H3. The van der Waals surface area contributed by atoms with Crippen LogP contribution >= 0.6 is 0 Å². The van der Waals surface area contributed by atoms with Crippen molar-refractivity contribution in [3.63, 3.8) is 0 Å². The first kappa shape index (κ1) is 12.4. The van der Waals surface area contributed by atoms with Crippen LogP contribution in [0.15, 0.2) is 18.2 Å². The van der Waals surface area contributed by atoms with Gasteiger partial charge in [0.1, 0.15) is 0 Å². The first-order valence-electron chi connectivity index (χ1n) is 6.41. The van der Waals surface area contributed by atoms with Crippen molar-refractivity contribution in [3.05, 3.63) is 29.6 Å². The highest BCUT2D eigenvalue weighted by Crippen LogP contribution is 2.55. The maximum absolute atomic E-state index is 13.5. The topological polar surface area (TPSA) is 55.6 Å². The highest BCUT2D eigenvalue weighted by atomic mass is 19.1. The molecule has 1 aromatic rings. The fourth-order valence-electron chi connectivity index (χ4n) is 3.25. The van der Waals surface area contributed by atoms with Crippen molar-refractivity contribution in [2.24, 2.45) is 17.6 Å². The van der Waals surface area contributed by atoms with Gasteiger partial charge in [-0.2, -0.15) is 0 Å². The van der Waals surface area contributed by atoms with E-state index in [9.17, 15) is 9.18 Å². The molecule has 4 unspecified atom stereocenters. The van der Waals surface area contributed by atoms with Crippen molar-refractivity contribution >= 4 is 5.91 Å². The van der Waals surface area contributed by atoms with Gasteiger partial charge >= 0.3 is 0 Å². The predicted octanol–water partition coefficient (Wildman–Crippen LogP) is 1.31. The minimum absolute atomic E-state index is 0.0349. The smallest absolute Gasteiger partial charge is 0.219 e. The van der Waals surface area contributed by atoms with Gasteiger partial charge in [0.15, 0.2) is 11.6 Å². The Labute approximate surface area is 111 Å². The normalized spacial score (nSPS) is 32.1. The lowest BCUT2D eigenvalue weighted by Crippen LogP contribution is -2.35. The number of likely N-dealkylation sites (tertiary alicyclic amines) is 1. The number of ether oxygens (including phenoxy) is 1. The van der Waals surface area contributed by atoms with Gasteiger partial charge in [-0.1, -0.05) is 6.07 Å². The highest BCUT2D eigenvalue weighted by Gasteiger charge is 2.60. The van der Waals surface area contributed by atoms with Crippen LogP contribution in [0.2, 0.25) is 0 Å². The second kappa shape index (κ2) is 4.20. The first-order valence-corrected chi connectivity index (χ1v) is 6.41. The lowest BCUT2D eigenvalue weighted by Gasteiger charge is -2.28. The molecule has 0 bridgehead atoms. The average molecular weight is 264 g/mol. The van der Waals surface area contributed by atoms with E-state index in [1.807, 2.05) is 4.90 Å². The largest absolute Gasteiger partial charge is 0.494 e. The summed E-state index contributed by atoms with van der Waals surface area (Å²) in [6.45, 7) is 2.26. The highest BCUT2D eigenvalue weighted by molar-refractivity contribution is 5.75. The molecular formula is C14H17FN2O2. The van der Waals surface area contributed by atoms with E-state index in [0.717, 1.165) is 5.56 Å². The van der Waals surface area contributed by atoms with Gasteiger partial charge in [0.25, 0.3) is 0 Å². The summed E-state index contributed by atoms with van der Waals surface area (Å²) in [4.78, 5) is 13.5. The molecule has 1 aliphatic carbocycles. The predicted molar refractivity (Wildman–Crippen MR) is 68.0 cm³/mol. The van der Waals surface area contributed by atoms with Gasteiger partial charge in [-0.05, 0) is 23.6 Å². The van der Waals surface area contributed by atoms with Gasteiger partial charge < -0.3 is 15.4 Å². The lowest BCUT2D eigenvalue weighted by atomic mass is 10.0. The first-order chi connectivity index (χ1) is 9.04. The molecule has 4 atom stereocenters. The van der Waals surface area contributed by atoms with Gasteiger partial charge in [0.2, 0.25) is 5.91 Å². The third kappa shape index (κ3) is 1.80. The molecule has 1 amide bonds. The van der Waals surface area contributed by atoms with Gasteiger partial charge in [-0.15, -0.1) is 0 Å². The quantitative estimate of drug-likeness (QED) is 0.876. The lowest BCUT2D eigenvalue weighted by molar-refractivity contribution is -0.130. The van der Waals surface area contributed by atoms with Crippen molar-refractivity contribution in [2.75, 3.05) is 13.7 Å². The molecule has 1 saturated carbocycles. The van der Waals surface area contributed by atoms with E-state index in [4.69, 9.17) is 10.5 Å².